The number of carboxylic acid groups (broad SMARTS) is 2. The van der Waals surface area contributed by atoms with E-state index in [0.717, 1.165) is 18.5 Å². The lowest BCUT2D eigenvalue weighted by Crippen LogP contribution is -2.16. The number of rotatable bonds is 5. The van der Waals surface area contributed by atoms with Crippen LogP contribution in [0.1, 0.15) is 11.1 Å². The molecule has 0 bridgehead atoms. The van der Waals surface area contributed by atoms with Crippen molar-refractivity contribution in [3.8, 4) is 0 Å². The van der Waals surface area contributed by atoms with E-state index in [-0.39, 0.29) is 5.82 Å². The summed E-state index contributed by atoms with van der Waals surface area (Å²) in [6.07, 6.45) is 3.02. The summed E-state index contributed by atoms with van der Waals surface area (Å²) in [7, 11) is 0. The van der Waals surface area contributed by atoms with Crippen LogP contribution in [0.2, 0.25) is 0 Å². The number of hydrogen-bond donors (Lipinski definition) is 4. The number of fused-ring (bicyclic) bond motifs is 1. The molecule has 6 nitrogen and oxygen atoms in total. The van der Waals surface area contributed by atoms with Crippen molar-refractivity contribution >= 4 is 22.8 Å². The highest BCUT2D eigenvalue weighted by Crippen LogP contribution is 2.17. The van der Waals surface area contributed by atoms with Crippen LogP contribution in [0.25, 0.3) is 10.9 Å². The first-order chi connectivity index (χ1) is 12.5. The summed E-state index contributed by atoms with van der Waals surface area (Å²) < 4.78 is 13.0. The van der Waals surface area contributed by atoms with Crippen molar-refractivity contribution in [1.82, 2.24) is 10.3 Å². The number of para-hydroxylation sites is 1. The Morgan fingerprint density at radius 3 is 2.46 bits per heavy atom. The molecule has 0 aliphatic rings. The highest BCUT2D eigenvalue weighted by molar-refractivity contribution is 6.27. The van der Waals surface area contributed by atoms with Gasteiger partial charge in [0.2, 0.25) is 0 Å². The Kier molecular flexibility index (Phi) is 6.87. The maximum atomic E-state index is 13.0. The van der Waals surface area contributed by atoms with E-state index >= 15 is 0 Å². The fraction of sp³-hybridized carbons (Fsp3) is 0.158. The third-order valence-electron chi connectivity index (χ3n) is 3.65. The first kappa shape index (κ1) is 19.1. The second kappa shape index (κ2) is 9.33. The van der Waals surface area contributed by atoms with Crippen molar-refractivity contribution in [1.29, 1.82) is 0 Å². The standard InChI is InChI=1S/C17H17FN2.C2H2O4/c18-15-5-3-4-13(10-15)11-19-9-8-14-12-20-17-7-2-1-6-16(14)17;3-1(4)2(5)6/h1-7,10,12,19-20H,8-9,11H2;(H,3,4)(H,5,6). The van der Waals surface area contributed by atoms with Gasteiger partial charge in [0.25, 0.3) is 0 Å². The van der Waals surface area contributed by atoms with Gasteiger partial charge in [-0.25, -0.2) is 14.0 Å². The van der Waals surface area contributed by atoms with Gasteiger partial charge in [0.15, 0.2) is 0 Å². The van der Waals surface area contributed by atoms with Crippen molar-refractivity contribution in [2.45, 2.75) is 13.0 Å². The average molecular weight is 358 g/mol. The lowest BCUT2D eigenvalue weighted by Gasteiger charge is -2.04. The van der Waals surface area contributed by atoms with Crippen LogP contribution in [0.5, 0.6) is 0 Å². The number of benzene rings is 2. The summed E-state index contributed by atoms with van der Waals surface area (Å²) in [4.78, 5) is 21.5. The van der Waals surface area contributed by atoms with Gasteiger partial charge in [0.05, 0.1) is 0 Å². The highest BCUT2D eigenvalue weighted by Gasteiger charge is 2.04. The summed E-state index contributed by atoms with van der Waals surface area (Å²) in [5.74, 6) is -3.83. The predicted molar refractivity (Wildman–Crippen MR) is 95.4 cm³/mol. The van der Waals surface area contributed by atoms with Crippen molar-refractivity contribution in [3.05, 3.63) is 71.7 Å². The van der Waals surface area contributed by atoms with E-state index in [9.17, 15) is 4.39 Å². The molecule has 0 unspecified atom stereocenters. The van der Waals surface area contributed by atoms with E-state index in [1.54, 1.807) is 12.1 Å². The quantitative estimate of drug-likeness (QED) is 0.415. The molecule has 0 radical (unpaired) electrons. The van der Waals surface area contributed by atoms with Crippen LogP contribution in [0.15, 0.2) is 54.7 Å². The van der Waals surface area contributed by atoms with Crippen LogP contribution in [-0.4, -0.2) is 33.7 Å². The largest absolute Gasteiger partial charge is 0.473 e. The van der Waals surface area contributed by atoms with Crippen LogP contribution < -0.4 is 5.32 Å². The Hall–Kier alpha value is -3.19. The molecule has 26 heavy (non-hydrogen) atoms. The second-order valence-electron chi connectivity index (χ2n) is 5.53. The fourth-order valence-electron chi connectivity index (χ4n) is 2.44. The minimum Gasteiger partial charge on any atom is -0.473 e. The SMILES string of the molecule is Fc1cccc(CNCCc2c[nH]c3ccccc23)c1.O=C(O)C(=O)O. The number of hydrogen-bond acceptors (Lipinski definition) is 3. The van der Waals surface area contributed by atoms with E-state index < -0.39 is 11.9 Å². The highest BCUT2D eigenvalue weighted by atomic mass is 19.1. The molecule has 3 rings (SSSR count). The predicted octanol–water partition coefficient (Wildman–Crippen LogP) is 2.79. The van der Waals surface area contributed by atoms with Gasteiger partial charge in [0, 0.05) is 23.6 Å². The van der Waals surface area contributed by atoms with Crippen LogP contribution >= 0.6 is 0 Å². The molecular formula is C19H19FN2O4. The number of aliphatic carboxylic acids is 2. The van der Waals surface area contributed by atoms with E-state index in [1.807, 2.05) is 12.1 Å². The minimum absolute atomic E-state index is 0.180. The number of halogens is 1. The first-order valence-corrected chi connectivity index (χ1v) is 7.93. The fourth-order valence-corrected chi connectivity index (χ4v) is 2.44. The molecule has 136 valence electrons. The smallest absolute Gasteiger partial charge is 0.414 e. The monoisotopic (exact) mass is 358 g/mol. The number of carbonyl (C=O) groups is 2. The average Bonchev–Trinajstić information content (AvgIpc) is 3.02. The maximum Gasteiger partial charge on any atom is 0.414 e. The number of aromatic nitrogens is 1. The van der Waals surface area contributed by atoms with Gasteiger partial charge >= 0.3 is 11.9 Å². The van der Waals surface area contributed by atoms with Gasteiger partial charge in [-0.2, -0.15) is 0 Å². The first-order valence-electron chi connectivity index (χ1n) is 7.93. The molecule has 4 N–H and O–H groups in total. The van der Waals surface area contributed by atoms with Crippen LogP contribution in [0.3, 0.4) is 0 Å². The molecule has 0 amide bonds. The van der Waals surface area contributed by atoms with Gasteiger partial charge in [-0.05, 0) is 42.3 Å². The molecule has 3 aromatic rings. The van der Waals surface area contributed by atoms with Crippen molar-refractivity contribution in [2.24, 2.45) is 0 Å². The zero-order valence-corrected chi connectivity index (χ0v) is 13.9. The van der Waals surface area contributed by atoms with Gasteiger partial charge < -0.3 is 20.5 Å². The third kappa shape index (κ3) is 5.71. The zero-order chi connectivity index (χ0) is 18.9. The van der Waals surface area contributed by atoms with Crippen molar-refractivity contribution in [2.75, 3.05) is 6.54 Å². The molecular weight excluding hydrogens is 339 g/mol. The molecule has 0 fully saturated rings. The maximum absolute atomic E-state index is 13.0. The van der Waals surface area contributed by atoms with Crippen LogP contribution in [0.4, 0.5) is 4.39 Å². The van der Waals surface area contributed by atoms with Crippen molar-refractivity contribution in [3.63, 3.8) is 0 Å². The molecule has 7 heteroatoms. The van der Waals surface area contributed by atoms with E-state index in [2.05, 4.69) is 34.7 Å². The van der Waals surface area contributed by atoms with E-state index in [4.69, 9.17) is 19.8 Å². The molecule has 0 spiro atoms. The zero-order valence-electron chi connectivity index (χ0n) is 13.9. The Balaban J connectivity index is 0.000000352. The van der Waals surface area contributed by atoms with Crippen molar-refractivity contribution < 1.29 is 24.2 Å². The number of H-pyrrole nitrogens is 1. The Morgan fingerprint density at radius 2 is 1.77 bits per heavy atom. The number of nitrogens with one attached hydrogen (secondary N) is 2. The van der Waals surface area contributed by atoms with Gasteiger partial charge in [0.1, 0.15) is 5.82 Å². The second-order valence-corrected chi connectivity index (χ2v) is 5.53. The molecule has 0 aliphatic carbocycles. The summed E-state index contributed by atoms with van der Waals surface area (Å²) in [5.41, 5.74) is 3.46. The number of aromatic amines is 1. The molecule has 1 aromatic heterocycles. The Morgan fingerprint density at radius 1 is 1.04 bits per heavy atom. The van der Waals surface area contributed by atoms with Gasteiger partial charge in [-0.15, -0.1) is 0 Å². The van der Waals surface area contributed by atoms with Gasteiger partial charge in [-0.1, -0.05) is 30.3 Å². The van der Waals surface area contributed by atoms with Gasteiger partial charge in [-0.3, -0.25) is 0 Å². The molecule has 2 aromatic carbocycles. The molecule has 0 saturated heterocycles. The normalized spacial score (nSPS) is 10.2. The summed E-state index contributed by atoms with van der Waals surface area (Å²) in [5, 5.41) is 19.4. The molecule has 1 heterocycles. The Labute approximate surface area is 149 Å². The summed E-state index contributed by atoms with van der Waals surface area (Å²) in [6.45, 7) is 1.57. The minimum atomic E-state index is -1.82. The summed E-state index contributed by atoms with van der Waals surface area (Å²) in [6, 6.07) is 15.0. The molecule has 0 aliphatic heterocycles. The van der Waals surface area contributed by atoms with Crippen LogP contribution in [-0.2, 0) is 22.6 Å². The third-order valence-corrected chi connectivity index (χ3v) is 3.65. The topological polar surface area (TPSA) is 102 Å². The Bertz CT molecular complexity index is 880. The summed E-state index contributed by atoms with van der Waals surface area (Å²) >= 11 is 0. The van der Waals surface area contributed by atoms with E-state index in [1.165, 1.54) is 22.5 Å². The number of carboxylic acids is 2. The molecule has 0 saturated carbocycles. The molecule has 0 atom stereocenters. The lowest BCUT2D eigenvalue weighted by atomic mass is 10.1. The van der Waals surface area contributed by atoms with Crippen LogP contribution in [0, 0.1) is 5.82 Å². The van der Waals surface area contributed by atoms with E-state index in [0.29, 0.717) is 6.54 Å². The lowest BCUT2D eigenvalue weighted by molar-refractivity contribution is -0.159.